The fourth-order valence-electron chi connectivity index (χ4n) is 3.25. The third-order valence-corrected chi connectivity index (χ3v) is 4.73. The summed E-state index contributed by atoms with van der Waals surface area (Å²) in [5, 5.41) is 8.69. The van der Waals surface area contributed by atoms with Gasteiger partial charge in [0.15, 0.2) is 11.6 Å². The van der Waals surface area contributed by atoms with E-state index in [2.05, 4.69) is 4.74 Å². The number of hydrogen-bond donors (Lipinski definition) is 1. The molecule has 0 saturated heterocycles. The van der Waals surface area contributed by atoms with Gasteiger partial charge in [0.05, 0.1) is 18.2 Å². The van der Waals surface area contributed by atoms with Crippen molar-refractivity contribution in [3.63, 3.8) is 0 Å². The van der Waals surface area contributed by atoms with Gasteiger partial charge in [0, 0.05) is 24.0 Å². The lowest BCUT2D eigenvalue weighted by molar-refractivity contribution is 0.0599. The molecule has 27 heavy (non-hydrogen) atoms. The maximum absolute atomic E-state index is 11.4. The standard InChI is InChI=1S/C11H10O3.C10H8O3/c1-14-11(13)8-3-2-7-4-5-10(12)9(7)6-8;11-9-4-3-6-1-2-7(10(12)13)5-8(6)9/h2-3,6H,4-5H2,1H3;1-2,5H,3-4H2,(H,12,13). The summed E-state index contributed by atoms with van der Waals surface area (Å²) >= 11 is 0. The van der Waals surface area contributed by atoms with Crippen LogP contribution in [-0.2, 0) is 17.6 Å². The van der Waals surface area contributed by atoms with Crippen molar-refractivity contribution in [1.29, 1.82) is 0 Å². The van der Waals surface area contributed by atoms with E-state index in [4.69, 9.17) is 5.11 Å². The Bertz CT molecular complexity index is 957. The molecule has 0 aromatic heterocycles. The second-order valence-corrected chi connectivity index (χ2v) is 6.39. The Morgan fingerprint density at radius 1 is 0.815 bits per heavy atom. The molecule has 0 radical (unpaired) electrons. The first-order valence-corrected chi connectivity index (χ1v) is 8.54. The van der Waals surface area contributed by atoms with Crippen molar-refractivity contribution in [2.45, 2.75) is 25.7 Å². The number of benzene rings is 2. The number of hydrogen-bond acceptors (Lipinski definition) is 5. The lowest BCUT2D eigenvalue weighted by Gasteiger charge is -2.01. The Labute approximate surface area is 155 Å². The van der Waals surface area contributed by atoms with Gasteiger partial charge >= 0.3 is 11.9 Å². The van der Waals surface area contributed by atoms with E-state index in [0.29, 0.717) is 29.5 Å². The zero-order valence-electron chi connectivity index (χ0n) is 14.8. The van der Waals surface area contributed by atoms with Crippen molar-refractivity contribution in [2.24, 2.45) is 0 Å². The average molecular weight is 366 g/mol. The highest BCUT2D eigenvalue weighted by Crippen LogP contribution is 2.23. The predicted octanol–water partition coefficient (Wildman–Crippen LogP) is 3.12. The molecule has 0 bridgehead atoms. The molecule has 2 aromatic carbocycles. The van der Waals surface area contributed by atoms with E-state index in [1.165, 1.54) is 13.2 Å². The zero-order chi connectivity index (χ0) is 19.6. The van der Waals surface area contributed by atoms with Gasteiger partial charge in [-0.15, -0.1) is 0 Å². The second kappa shape index (κ2) is 7.53. The number of carbonyl (C=O) groups excluding carboxylic acids is 3. The number of ether oxygens (including phenoxy) is 1. The normalized spacial score (nSPS) is 14.1. The molecule has 0 saturated carbocycles. The van der Waals surface area contributed by atoms with Gasteiger partial charge in [-0.05, 0) is 48.2 Å². The molecule has 138 valence electrons. The minimum atomic E-state index is -0.984. The molecular formula is C21H18O6. The number of aryl methyl sites for hydroxylation is 2. The highest BCUT2D eigenvalue weighted by Gasteiger charge is 2.21. The minimum Gasteiger partial charge on any atom is -0.478 e. The van der Waals surface area contributed by atoms with Gasteiger partial charge in [-0.1, -0.05) is 12.1 Å². The summed E-state index contributed by atoms with van der Waals surface area (Å²) in [6.07, 6.45) is 2.60. The van der Waals surface area contributed by atoms with Gasteiger partial charge < -0.3 is 9.84 Å². The molecule has 1 N–H and O–H groups in total. The van der Waals surface area contributed by atoms with Crippen LogP contribution >= 0.6 is 0 Å². The maximum atomic E-state index is 11.4. The Balaban J connectivity index is 0.000000156. The van der Waals surface area contributed by atoms with Crippen LogP contribution in [0, 0.1) is 0 Å². The van der Waals surface area contributed by atoms with Gasteiger partial charge in [0.2, 0.25) is 0 Å². The van der Waals surface area contributed by atoms with Gasteiger partial charge in [0.25, 0.3) is 0 Å². The molecule has 4 rings (SSSR count). The largest absolute Gasteiger partial charge is 0.478 e. The summed E-state index contributed by atoms with van der Waals surface area (Å²) in [6, 6.07) is 9.88. The molecule has 0 heterocycles. The van der Waals surface area contributed by atoms with E-state index in [1.54, 1.807) is 24.3 Å². The molecule has 6 heteroatoms. The summed E-state index contributed by atoms with van der Waals surface area (Å²) in [5.74, 6) is -1.21. The van der Waals surface area contributed by atoms with Crippen molar-refractivity contribution < 1.29 is 29.0 Å². The molecule has 0 fully saturated rings. The number of carboxylic acid groups (broad SMARTS) is 1. The molecule has 0 unspecified atom stereocenters. The minimum absolute atomic E-state index is 0.0538. The van der Waals surface area contributed by atoms with Crippen LogP contribution in [0.4, 0.5) is 0 Å². The molecule has 6 nitrogen and oxygen atoms in total. The quantitative estimate of drug-likeness (QED) is 0.820. The Morgan fingerprint density at radius 2 is 1.30 bits per heavy atom. The van der Waals surface area contributed by atoms with Crippen molar-refractivity contribution >= 4 is 23.5 Å². The number of methoxy groups -OCH3 is 1. The van der Waals surface area contributed by atoms with Crippen LogP contribution in [0.1, 0.15) is 65.4 Å². The first kappa shape index (κ1) is 18.5. The number of aromatic carboxylic acids is 1. The fraction of sp³-hybridized carbons (Fsp3) is 0.238. The molecule has 0 aliphatic heterocycles. The summed E-state index contributed by atoms with van der Waals surface area (Å²) in [7, 11) is 1.33. The van der Waals surface area contributed by atoms with Gasteiger partial charge in [-0.3, -0.25) is 9.59 Å². The topological polar surface area (TPSA) is 97.7 Å². The Kier molecular flexibility index (Phi) is 5.16. The number of fused-ring (bicyclic) bond motifs is 2. The van der Waals surface area contributed by atoms with E-state index in [-0.39, 0.29) is 17.1 Å². The Hall–Kier alpha value is -3.28. The van der Waals surface area contributed by atoms with Crippen LogP contribution in [-0.4, -0.2) is 35.7 Å². The van der Waals surface area contributed by atoms with Gasteiger partial charge in [0.1, 0.15) is 0 Å². The van der Waals surface area contributed by atoms with Crippen LogP contribution in [0.15, 0.2) is 36.4 Å². The number of ketones is 2. The molecule has 2 aliphatic rings. The van der Waals surface area contributed by atoms with Crippen LogP contribution in [0.25, 0.3) is 0 Å². The second-order valence-electron chi connectivity index (χ2n) is 6.39. The molecule has 0 amide bonds. The van der Waals surface area contributed by atoms with E-state index in [1.807, 2.05) is 6.07 Å². The summed E-state index contributed by atoms with van der Waals surface area (Å²) < 4.78 is 4.58. The van der Waals surface area contributed by atoms with Crippen molar-refractivity contribution in [1.82, 2.24) is 0 Å². The number of esters is 1. The molecule has 2 aliphatic carbocycles. The number of carboxylic acids is 1. The maximum Gasteiger partial charge on any atom is 0.337 e. The number of rotatable bonds is 2. The van der Waals surface area contributed by atoms with Crippen LogP contribution in [0.2, 0.25) is 0 Å². The van der Waals surface area contributed by atoms with E-state index >= 15 is 0 Å². The number of Topliss-reactive ketones (excluding diaryl/α,β-unsaturated/α-hetero) is 2. The monoisotopic (exact) mass is 366 g/mol. The smallest absolute Gasteiger partial charge is 0.337 e. The molecule has 0 atom stereocenters. The third kappa shape index (κ3) is 3.79. The first-order chi connectivity index (χ1) is 12.9. The third-order valence-electron chi connectivity index (χ3n) is 4.73. The van der Waals surface area contributed by atoms with Crippen molar-refractivity contribution in [3.8, 4) is 0 Å². The molecular weight excluding hydrogens is 348 g/mol. The van der Waals surface area contributed by atoms with E-state index in [9.17, 15) is 19.2 Å². The SMILES string of the molecule is COC(=O)c1ccc2c(c1)C(=O)CC2.O=C(O)c1ccc2c(c1)C(=O)CC2. The zero-order valence-corrected chi connectivity index (χ0v) is 14.8. The van der Waals surface area contributed by atoms with Crippen LogP contribution in [0.3, 0.4) is 0 Å². The van der Waals surface area contributed by atoms with Crippen LogP contribution in [0.5, 0.6) is 0 Å². The predicted molar refractivity (Wildman–Crippen MR) is 96.5 cm³/mol. The van der Waals surface area contributed by atoms with E-state index < -0.39 is 11.9 Å². The summed E-state index contributed by atoms with van der Waals surface area (Å²) in [4.78, 5) is 44.4. The lowest BCUT2D eigenvalue weighted by Crippen LogP contribution is -2.03. The lowest BCUT2D eigenvalue weighted by atomic mass is 10.1. The highest BCUT2D eigenvalue weighted by molar-refractivity contribution is 6.03. The summed E-state index contributed by atoms with van der Waals surface area (Å²) in [5.41, 5.74) is 3.89. The Morgan fingerprint density at radius 3 is 1.78 bits per heavy atom. The molecule has 2 aromatic rings. The highest BCUT2D eigenvalue weighted by atomic mass is 16.5. The van der Waals surface area contributed by atoms with Crippen LogP contribution < -0.4 is 0 Å². The average Bonchev–Trinajstić information content (AvgIpc) is 3.24. The summed E-state index contributed by atoms with van der Waals surface area (Å²) in [6.45, 7) is 0. The first-order valence-electron chi connectivity index (χ1n) is 8.54. The molecule has 0 spiro atoms. The van der Waals surface area contributed by atoms with Crippen molar-refractivity contribution in [2.75, 3.05) is 7.11 Å². The van der Waals surface area contributed by atoms with Gasteiger partial charge in [-0.2, -0.15) is 0 Å². The number of carbonyl (C=O) groups is 4. The van der Waals surface area contributed by atoms with E-state index in [0.717, 1.165) is 24.0 Å². The van der Waals surface area contributed by atoms with Crippen molar-refractivity contribution in [3.05, 3.63) is 69.8 Å². The fourth-order valence-corrected chi connectivity index (χ4v) is 3.25. The van der Waals surface area contributed by atoms with Gasteiger partial charge in [-0.25, -0.2) is 9.59 Å².